The highest BCUT2D eigenvalue weighted by Gasteiger charge is 2.15. The Morgan fingerprint density at radius 1 is 1.35 bits per heavy atom. The molecule has 2 aromatic rings. The van der Waals surface area contributed by atoms with Crippen LogP contribution in [0.4, 0.5) is 0 Å². The number of hydrogen-bond acceptors (Lipinski definition) is 4. The van der Waals surface area contributed by atoms with Crippen LogP contribution < -0.4 is 5.73 Å². The molecule has 3 rings (SSSR count). The first kappa shape index (κ1) is 12.7. The number of nitrogens with zero attached hydrogens (tertiary/aromatic N) is 4. The highest BCUT2D eigenvalue weighted by molar-refractivity contribution is 5.95. The Bertz CT molecular complexity index is 647. The minimum absolute atomic E-state index is 0.0273. The van der Waals surface area contributed by atoms with Crippen LogP contribution in [0.1, 0.15) is 35.5 Å². The van der Waals surface area contributed by atoms with E-state index in [1.54, 1.807) is 6.20 Å². The lowest BCUT2D eigenvalue weighted by molar-refractivity contribution is 0.318. The zero-order valence-electron chi connectivity index (χ0n) is 11.2. The van der Waals surface area contributed by atoms with E-state index in [2.05, 4.69) is 19.7 Å². The van der Waals surface area contributed by atoms with Gasteiger partial charge in [0.2, 0.25) is 0 Å². The number of hydrogen-bond donors (Lipinski definition) is 2. The smallest absolute Gasteiger partial charge is 0.188 e. The van der Waals surface area contributed by atoms with Crippen molar-refractivity contribution in [1.82, 2.24) is 14.5 Å². The van der Waals surface area contributed by atoms with Crippen LogP contribution in [-0.2, 0) is 19.4 Å². The van der Waals surface area contributed by atoms with Gasteiger partial charge in [-0.3, -0.25) is 4.98 Å². The van der Waals surface area contributed by atoms with Crippen LogP contribution in [0.3, 0.4) is 0 Å². The van der Waals surface area contributed by atoms with Crippen LogP contribution in [0.25, 0.3) is 0 Å². The molecule has 20 heavy (non-hydrogen) atoms. The molecule has 0 saturated carbocycles. The molecule has 1 aliphatic carbocycles. The van der Waals surface area contributed by atoms with Crippen molar-refractivity contribution in [2.24, 2.45) is 10.9 Å². The summed E-state index contributed by atoms with van der Waals surface area (Å²) in [6.07, 6.45) is 8.20. The molecule has 0 saturated heterocycles. The zero-order chi connectivity index (χ0) is 13.9. The Labute approximate surface area is 117 Å². The van der Waals surface area contributed by atoms with Crippen molar-refractivity contribution < 1.29 is 5.21 Å². The highest BCUT2D eigenvalue weighted by Crippen LogP contribution is 2.20. The second-order valence-electron chi connectivity index (χ2n) is 5.01. The molecule has 2 heterocycles. The number of amidine groups is 1. The fourth-order valence-corrected chi connectivity index (χ4v) is 2.63. The maximum absolute atomic E-state index is 8.70. The minimum atomic E-state index is 0.0273. The lowest BCUT2D eigenvalue weighted by Gasteiger charge is -2.14. The Balaban J connectivity index is 1.86. The quantitative estimate of drug-likeness (QED) is 0.381. The fraction of sp³-hybridized carbons (Fsp3) is 0.357. The number of aryl methyl sites for hydroxylation is 1. The van der Waals surface area contributed by atoms with Gasteiger partial charge in [-0.1, -0.05) is 5.16 Å². The van der Waals surface area contributed by atoms with Gasteiger partial charge in [-0.2, -0.15) is 0 Å². The highest BCUT2D eigenvalue weighted by atomic mass is 16.4. The lowest BCUT2D eigenvalue weighted by atomic mass is 10.0. The van der Waals surface area contributed by atoms with Crippen LogP contribution in [0.5, 0.6) is 0 Å². The van der Waals surface area contributed by atoms with Crippen LogP contribution in [0.2, 0.25) is 0 Å². The topological polar surface area (TPSA) is 89.3 Å². The van der Waals surface area contributed by atoms with Gasteiger partial charge in [0.05, 0.1) is 12.0 Å². The summed E-state index contributed by atoms with van der Waals surface area (Å²) < 4.78 is 2.18. The summed E-state index contributed by atoms with van der Waals surface area (Å²) in [5.74, 6) is 0.0273. The average molecular weight is 271 g/mol. The number of oxime groups is 1. The maximum atomic E-state index is 8.70. The molecule has 6 nitrogen and oxygen atoms in total. The number of aromatic nitrogens is 3. The van der Waals surface area contributed by atoms with E-state index in [0.717, 1.165) is 24.9 Å². The Kier molecular flexibility index (Phi) is 3.37. The van der Waals surface area contributed by atoms with E-state index >= 15 is 0 Å². The number of fused-ring (bicyclic) bond motifs is 1. The first-order valence-corrected chi connectivity index (χ1v) is 6.73. The maximum Gasteiger partial charge on any atom is 0.188 e. The average Bonchev–Trinajstić information content (AvgIpc) is 2.90. The van der Waals surface area contributed by atoms with Crippen molar-refractivity contribution in [2.75, 3.05) is 0 Å². The van der Waals surface area contributed by atoms with Crippen LogP contribution in [-0.4, -0.2) is 25.6 Å². The molecule has 0 aromatic carbocycles. The van der Waals surface area contributed by atoms with E-state index in [1.165, 1.54) is 24.2 Å². The van der Waals surface area contributed by atoms with Crippen LogP contribution in [0, 0.1) is 0 Å². The van der Waals surface area contributed by atoms with Gasteiger partial charge in [-0.05, 0) is 43.4 Å². The van der Waals surface area contributed by atoms with Crippen molar-refractivity contribution >= 4 is 5.84 Å². The molecule has 104 valence electrons. The van der Waals surface area contributed by atoms with E-state index < -0.39 is 0 Å². The van der Waals surface area contributed by atoms with Gasteiger partial charge < -0.3 is 15.5 Å². The predicted octanol–water partition coefficient (Wildman–Crippen LogP) is 1.30. The SMILES string of the molecule is N/C(=N/O)c1cc(Cn2cnc3c2CCCC3)ccn1. The summed E-state index contributed by atoms with van der Waals surface area (Å²) in [7, 11) is 0. The second-order valence-corrected chi connectivity index (χ2v) is 5.01. The zero-order valence-corrected chi connectivity index (χ0v) is 11.2. The number of nitrogens with two attached hydrogens (primary N) is 1. The number of imidazole rings is 1. The van der Waals surface area contributed by atoms with Gasteiger partial charge in [-0.15, -0.1) is 0 Å². The first-order valence-electron chi connectivity index (χ1n) is 6.73. The lowest BCUT2D eigenvalue weighted by Crippen LogP contribution is -2.15. The number of pyridine rings is 1. The molecule has 2 aromatic heterocycles. The summed E-state index contributed by atoms with van der Waals surface area (Å²) in [5, 5.41) is 11.7. The molecule has 0 aliphatic heterocycles. The summed E-state index contributed by atoms with van der Waals surface area (Å²) >= 11 is 0. The molecule has 0 unspecified atom stereocenters. The summed E-state index contributed by atoms with van der Waals surface area (Å²) in [5.41, 5.74) is 9.67. The molecule has 0 atom stereocenters. The third-order valence-electron chi connectivity index (χ3n) is 3.66. The Hall–Kier alpha value is -2.37. The van der Waals surface area contributed by atoms with Crippen molar-refractivity contribution in [3.63, 3.8) is 0 Å². The van der Waals surface area contributed by atoms with Crippen molar-refractivity contribution in [3.8, 4) is 0 Å². The monoisotopic (exact) mass is 271 g/mol. The van der Waals surface area contributed by atoms with Gasteiger partial charge in [0.15, 0.2) is 5.84 Å². The standard InChI is InChI=1S/C14H17N5O/c15-14(18-20)12-7-10(5-6-16-12)8-19-9-17-11-3-1-2-4-13(11)19/h5-7,9,20H,1-4,8H2,(H2,15,18). The molecule has 6 heteroatoms. The largest absolute Gasteiger partial charge is 0.409 e. The molecule has 0 bridgehead atoms. The first-order chi connectivity index (χ1) is 9.78. The molecule has 1 aliphatic rings. The van der Waals surface area contributed by atoms with E-state index in [-0.39, 0.29) is 5.84 Å². The molecule has 3 N–H and O–H groups in total. The fourth-order valence-electron chi connectivity index (χ4n) is 2.63. The predicted molar refractivity (Wildman–Crippen MR) is 74.7 cm³/mol. The van der Waals surface area contributed by atoms with Gasteiger partial charge in [0.25, 0.3) is 0 Å². The second kappa shape index (κ2) is 5.32. The Morgan fingerprint density at radius 2 is 2.20 bits per heavy atom. The van der Waals surface area contributed by atoms with Gasteiger partial charge in [-0.25, -0.2) is 4.98 Å². The molecular formula is C14H17N5O. The van der Waals surface area contributed by atoms with Gasteiger partial charge >= 0.3 is 0 Å². The summed E-state index contributed by atoms with van der Waals surface area (Å²) in [6, 6.07) is 3.77. The van der Waals surface area contributed by atoms with Crippen molar-refractivity contribution in [2.45, 2.75) is 32.2 Å². The molecular weight excluding hydrogens is 254 g/mol. The molecule has 0 fully saturated rings. The van der Waals surface area contributed by atoms with E-state index in [0.29, 0.717) is 5.69 Å². The van der Waals surface area contributed by atoms with Gasteiger partial charge in [0.1, 0.15) is 5.69 Å². The summed E-state index contributed by atoms with van der Waals surface area (Å²) in [6.45, 7) is 0.733. The van der Waals surface area contributed by atoms with Crippen LogP contribution in [0.15, 0.2) is 29.8 Å². The summed E-state index contributed by atoms with van der Waals surface area (Å²) in [4.78, 5) is 8.57. The van der Waals surface area contributed by atoms with Crippen molar-refractivity contribution in [1.29, 1.82) is 0 Å². The molecule has 0 radical (unpaired) electrons. The van der Waals surface area contributed by atoms with E-state index in [4.69, 9.17) is 10.9 Å². The third-order valence-corrected chi connectivity index (χ3v) is 3.66. The van der Waals surface area contributed by atoms with E-state index in [9.17, 15) is 0 Å². The van der Waals surface area contributed by atoms with Crippen LogP contribution >= 0.6 is 0 Å². The van der Waals surface area contributed by atoms with Gasteiger partial charge in [0, 0.05) is 18.4 Å². The Morgan fingerprint density at radius 3 is 3.05 bits per heavy atom. The molecule has 0 spiro atoms. The third kappa shape index (κ3) is 2.36. The molecule has 0 amide bonds. The van der Waals surface area contributed by atoms with Crippen molar-refractivity contribution in [3.05, 3.63) is 47.3 Å². The van der Waals surface area contributed by atoms with E-state index in [1.807, 2.05) is 18.5 Å². The minimum Gasteiger partial charge on any atom is -0.409 e. The number of rotatable bonds is 3. The normalized spacial score (nSPS) is 15.1.